The number of anilines is 1. The van der Waals surface area contributed by atoms with E-state index in [4.69, 9.17) is 9.47 Å². The number of hydrogen-bond acceptors (Lipinski definition) is 6. The molecule has 0 saturated heterocycles. The van der Waals surface area contributed by atoms with Gasteiger partial charge in [0, 0.05) is 32.7 Å². The molecule has 0 unspecified atom stereocenters. The van der Waals surface area contributed by atoms with Crippen LogP contribution in [0.3, 0.4) is 0 Å². The fraction of sp³-hybridized carbons (Fsp3) is 0.400. The number of nitrogens with one attached hydrogen (secondary N) is 1. The second-order valence-corrected chi connectivity index (χ2v) is 5.80. The van der Waals surface area contributed by atoms with Gasteiger partial charge < -0.3 is 19.7 Å². The van der Waals surface area contributed by atoms with Crippen LogP contribution in [0.2, 0.25) is 0 Å². The fourth-order valence-electron chi connectivity index (χ4n) is 1.95. The molecular weight excluding hydrogens is 286 g/mol. The minimum Gasteiger partial charge on any atom is -0.496 e. The van der Waals surface area contributed by atoms with Gasteiger partial charge in [-0.25, -0.2) is 0 Å². The molecule has 2 rings (SSSR count). The van der Waals surface area contributed by atoms with Crippen LogP contribution in [0.1, 0.15) is 10.4 Å². The van der Waals surface area contributed by atoms with Crippen molar-refractivity contribution < 1.29 is 9.47 Å². The Morgan fingerprint density at radius 2 is 1.90 bits per heavy atom. The van der Waals surface area contributed by atoms with E-state index in [0.717, 1.165) is 27.9 Å². The molecule has 1 N–H and O–H groups in total. The van der Waals surface area contributed by atoms with Crippen molar-refractivity contribution in [3.05, 3.63) is 34.7 Å². The van der Waals surface area contributed by atoms with Gasteiger partial charge in [0.25, 0.3) is 0 Å². The number of rotatable bonds is 7. The number of nitrogens with zero attached hydrogens (tertiary/aromatic N) is 2. The smallest absolute Gasteiger partial charge is 0.230 e. The SMILES string of the molecule is COc1ccccc1CNCc1sc(N(C)C)nc1OC. The molecule has 0 fully saturated rings. The topological polar surface area (TPSA) is 46.6 Å². The second kappa shape index (κ2) is 7.28. The average molecular weight is 307 g/mol. The number of hydrogen-bond donors (Lipinski definition) is 1. The van der Waals surface area contributed by atoms with E-state index in [1.807, 2.05) is 37.2 Å². The summed E-state index contributed by atoms with van der Waals surface area (Å²) in [6.07, 6.45) is 0. The van der Waals surface area contributed by atoms with E-state index in [1.54, 1.807) is 25.6 Å². The zero-order valence-corrected chi connectivity index (χ0v) is 13.7. The first-order valence-electron chi connectivity index (χ1n) is 6.69. The number of thiazole rings is 1. The first kappa shape index (κ1) is 15.6. The average Bonchev–Trinajstić information content (AvgIpc) is 2.91. The Bertz CT molecular complexity index is 584. The highest BCUT2D eigenvalue weighted by atomic mass is 32.1. The molecule has 0 aliphatic rings. The van der Waals surface area contributed by atoms with Crippen LogP contribution in [-0.2, 0) is 13.1 Å². The van der Waals surface area contributed by atoms with Gasteiger partial charge in [-0.05, 0) is 6.07 Å². The maximum atomic E-state index is 5.35. The Hall–Kier alpha value is -1.79. The van der Waals surface area contributed by atoms with Gasteiger partial charge in [0.1, 0.15) is 5.75 Å². The summed E-state index contributed by atoms with van der Waals surface area (Å²) in [4.78, 5) is 7.52. The van der Waals surface area contributed by atoms with Gasteiger partial charge in [-0.1, -0.05) is 29.5 Å². The lowest BCUT2D eigenvalue weighted by Crippen LogP contribution is -2.13. The first-order valence-corrected chi connectivity index (χ1v) is 7.51. The Balaban J connectivity index is 2.00. The van der Waals surface area contributed by atoms with Crippen LogP contribution in [0.4, 0.5) is 5.13 Å². The van der Waals surface area contributed by atoms with Crippen molar-refractivity contribution in [3.63, 3.8) is 0 Å². The quantitative estimate of drug-likeness (QED) is 0.851. The Morgan fingerprint density at radius 1 is 1.14 bits per heavy atom. The molecule has 0 amide bonds. The van der Waals surface area contributed by atoms with Crippen molar-refractivity contribution >= 4 is 16.5 Å². The van der Waals surface area contributed by atoms with Crippen LogP contribution >= 0.6 is 11.3 Å². The van der Waals surface area contributed by atoms with Gasteiger partial charge >= 0.3 is 0 Å². The molecule has 1 heterocycles. The number of benzene rings is 1. The van der Waals surface area contributed by atoms with Gasteiger partial charge in [0.05, 0.1) is 19.1 Å². The third kappa shape index (κ3) is 3.86. The molecule has 0 aliphatic heterocycles. The summed E-state index contributed by atoms with van der Waals surface area (Å²) in [6.45, 7) is 1.45. The summed E-state index contributed by atoms with van der Waals surface area (Å²) < 4.78 is 10.7. The molecule has 5 nitrogen and oxygen atoms in total. The summed E-state index contributed by atoms with van der Waals surface area (Å²) in [5, 5.41) is 4.36. The number of ether oxygens (including phenoxy) is 2. The maximum absolute atomic E-state index is 5.35. The maximum Gasteiger partial charge on any atom is 0.230 e. The fourth-order valence-corrected chi connectivity index (χ4v) is 2.87. The van der Waals surface area contributed by atoms with Crippen molar-refractivity contribution in [2.24, 2.45) is 0 Å². The van der Waals surface area contributed by atoms with E-state index in [2.05, 4.69) is 16.4 Å². The summed E-state index contributed by atoms with van der Waals surface area (Å²) in [5.41, 5.74) is 1.14. The molecule has 0 atom stereocenters. The van der Waals surface area contributed by atoms with Crippen molar-refractivity contribution in [1.29, 1.82) is 0 Å². The molecule has 1 aromatic heterocycles. The molecule has 0 aliphatic carbocycles. The van der Waals surface area contributed by atoms with Crippen molar-refractivity contribution in [1.82, 2.24) is 10.3 Å². The highest BCUT2D eigenvalue weighted by molar-refractivity contribution is 7.15. The van der Waals surface area contributed by atoms with E-state index in [9.17, 15) is 0 Å². The van der Waals surface area contributed by atoms with E-state index in [0.29, 0.717) is 12.4 Å². The largest absolute Gasteiger partial charge is 0.496 e. The van der Waals surface area contributed by atoms with Crippen molar-refractivity contribution in [3.8, 4) is 11.6 Å². The summed E-state index contributed by atoms with van der Waals surface area (Å²) in [5.74, 6) is 1.59. The van der Waals surface area contributed by atoms with Crippen molar-refractivity contribution in [2.75, 3.05) is 33.2 Å². The van der Waals surface area contributed by atoms with Gasteiger partial charge in [-0.3, -0.25) is 0 Å². The van der Waals surface area contributed by atoms with E-state index in [-0.39, 0.29) is 0 Å². The molecule has 0 radical (unpaired) electrons. The van der Waals surface area contributed by atoms with Gasteiger partial charge in [0.2, 0.25) is 5.88 Å². The van der Waals surface area contributed by atoms with Crippen LogP contribution < -0.4 is 19.7 Å². The van der Waals surface area contributed by atoms with Crippen LogP contribution in [0.25, 0.3) is 0 Å². The Kier molecular flexibility index (Phi) is 5.41. The molecule has 0 saturated carbocycles. The minimum absolute atomic E-state index is 0.691. The monoisotopic (exact) mass is 307 g/mol. The zero-order valence-electron chi connectivity index (χ0n) is 12.8. The van der Waals surface area contributed by atoms with Crippen LogP contribution in [0.5, 0.6) is 11.6 Å². The summed E-state index contributed by atoms with van der Waals surface area (Å²) in [7, 11) is 7.29. The van der Waals surface area contributed by atoms with Gasteiger partial charge in [-0.15, -0.1) is 0 Å². The lowest BCUT2D eigenvalue weighted by atomic mass is 10.2. The molecule has 2 aromatic rings. The van der Waals surface area contributed by atoms with Crippen LogP contribution in [0, 0.1) is 0 Å². The lowest BCUT2D eigenvalue weighted by Gasteiger charge is -2.09. The van der Waals surface area contributed by atoms with Gasteiger partial charge in [0.15, 0.2) is 5.13 Å². The van der Waals surface area contributed by atoms with E-state index in [1.165, 1.54) is 0 Å². The molecule has 0 bridgehead atoms. The summed E-state index contributed by atoms with van der Waals surface area (Å²) >= 11 is 1.63. The standard InChI is InChI=1S/C15H21N3O2S/c1-18(2)15-17-14(20-4)13(21-15)10-16-9-11-7-5-6-8-12(11)19-3/h5-8,16H,9-10H2,1-4H3. The number of aromatic nitrogens is 1. The molecule has 114 valence electrons. The molecule has 0 spiro atoms. The number of para-hydroxylation sites is 1. The third-order valence-corrected chi connectivity index (χ3v) is 4.22. The molecule has 21 heavy (non-hydrogen) atoms. The highest BCUT2D eigenvalue weighted by Gasteiger charge is 2.12. The van der Waals surface area contributed by atoms with E-state index < -0.39 is 0 Å². The zero-order chi connectivity index (χ0) is 15.2. The predicted molar refractivity (Wildman–Crippen MR) is 86.5 cm³/mol. The lowest BCUT2D eigenvalue weighted by molar-refractivity contribution is 0.394. The highest BCUT2D eigenvalue weighted by Crippen LogP contribution is 2.30. The van der Waals surface area contributed by atoms with Gasteiger partial charge in [-0.2, -0.15) is 4.98 Å². The van der Waals surface area contributed by atoms with E-state index >= 15 is 0 Å². The first-order chi connectivity index (χ1) is 10.2. The molecule has 6 heteroatoms. The second-order valence-electron chi connectivity index (χ2n) is 4.74. The predicted octanol–water partition coefficient (Wildman–Crippen LogP) is 2.52. The van der Waals surface area contributed by atoms with Crippen molar-refractivity contribution in [2.45, 2.75) is 13.1 Å². The summed E-state index contributed by atoms with van der Waals surface area (Å²) in [6, 6.07) is 8.00. The normalized spacial score (nSPS) is 10.5. The van der Waals surface area contributed by atoms with Crippen LogP contribution in [0.15, 0.2) is 24.3 Å². The van der Waals surface area contributed by atoms with Crippen LogP contribution in [-0.4, -0.2) is 33.3 Å². The molecule has 1 aromatic carbocycles. The minimum atomic E-state index is 0.691. The Labute approximate surface area is 129 Å². The third-order valence-electron chi connectivity index (χ3n) is 3.02. The Morgan fingerprint density at radius 3 is 2.57 bits per heavy atom. The number of methoxy groups -OCH3 is 2. The molecular formula is C15H21N3O2S.